The number of methoxy groups -OCH3 is 1. The van der Waals surface area contributed by atoms with Crippen molar-refractivity contribution in [2.24, 2.45) is 0 Å². The molecular weight excluding hydrogens is 427 g/mol. The Labute approximate surface area is 189 Å². The van der Waals surface area contributed by atoms with E-state index < -0.39 is 23.9 Å². The van der Waals surface area contributed by atoms with E-state index in [1.165, 1.54) is 19.2 Å². The molecular formula is C25H21FN2O5. The normalized spacial score (nSPS) is 12.3. The Balaban J connectivity index is 1.39. The standard InChI is InChI=1S/C25H21FN2O5/c1-32-25(31)22(28-33-24(30)15-5-3-2-4-6-15)14-23(29)27-19-8-10-21-17(13-19)11-16-12-18(26)7-9-20(16)21/h2-10,12-13,22,28H,11,14H2,1H3,(H,27,29)/t22-/m0/s1. The maximum atomic E-state index is 13.5. The molecule has 168 valence electrons. The second kappa shape index (κ2) is 9.62. The number of hydrogen-bond acceptors (Lipinski definition) is 6. The summed E-state index contributed by atoms with van der Waals surface area (Å²) in [5.74, 6) is -2.21. The number of rotatable bonds is 7. The molecule has 33 heavy (non-hydrogen) atoms. The number of carbonyl (C=O) groups is 3. The minimum absolute atomic E-state index is 0.288. The van der Waals surface area contributed by atoms with E-state index >= 15 is 0 Å². The van der Waals surface area contributed by atoms with Gasteiger partial charge in [-0.05, 0) is 65.1 Å². The van der Waals surface area contributed by atoms with Gasteiger partial charge in [0, 0.05) is 5.69 Å². The molecule has 1 aliphatic rings. The highest BCUT2D eigenvalue weighted by Crippen LogP contribution is 2.38. The lowest BCUT2D eigenvalue weighted by molar-refractivity contribution is -0.147. The van der Waals surface area contributed by atoms with Crippen LogP contribution in [0.25, 0.3) is 11.1 Å². The smallest absolute Gasteiger partial charge is 0.356 e. The molecule has 0 saturated heterocycles. The molecule has 0 aliphatic heterocycles. The van der Waals surface area contributed by atoms with Crippen LogP contribution in [0, 0.1) is 5.82 Å². The van der Waals surface area contributed by atoms with Crippen molar-refractivity contribution in [2.75, 3.05) is 12.4 Å². The van der Waals surface area contributed by atoms with Gasteiger partial charge in [0.05, 0.1) is 19.1 Å². The molecule has 1 amide bonds. The van der Waals surface area contributed by atoms with Gasteiger partial charge in [-0.3, -0.25) is 9.59 Å². The maximum Gasteiger partial charge on any atom is 0.356 e. The molecule has 1 aliphatic carbocycles. The maximum absolute atomic E-state index is 13.5. The van der Waals surface area contributed by atoms with Crippen LogP contribution in [-0.4, -0.2) is 31.0 Å². The Morgan fingerprint density at radius 2 is 1.67 bits per heavy atom. The van der Waals surface area contributed by atoms with Crippen molar-refractivity contribution in [2.45, 2.75) is 18.9 Å². The second-order valence-corrected chi connectivity index (χ2v) is 7.55. The highest BCUT2D eigenvalue weighted by Gasteiger charge is 2.25. The molecule has 0 heterocycles. The molecule has 3 aromatic rings. The van der Waals surface area contributed by atoms with Crippen molar-refractivity contribution in [3.8, 4) is 11.1 Å². The Kier molecular flexibility index (Phi) is 6.46. The summed E-state index contributed by atoms with van der Waals surface area (Å²) in [5, 5.41) is 2.74. The first-order valence-corrected chi connectivity index (χ1v) is 10.3. The van der Waals surface area contributed by atoms with Crippen molar-refractivity contribution in [1.29, 1.82) is 0 Å². The summed E-state index contributed by atoms with van der Waals surface area (Å²) in [6.07, 6.45) is 0.241. The number of hydrogen-bond donors (Lipinski definition) is 2. The molecule has 2 N–H and O–H groups in total. The number of fused-ring (bicyclic) bond motifs is 3. The molecule has 3 aromatic carbocycles. The molecule has 7 nitrogen and oxygen atoms in total. The van der Waals surface area contributed by atoms with Gasteiger partial charge in [-0.15, -0.1) is 5.48 Å². The predicted octanol–water partition coefficient (Wildman–Crippen LogP) is 3.63. The number of esters is 1. The van der Waals surface area contributed by atoms with Gasteiger partial charge >= 0.3 is 11.9 Å². The number of benzene rings is 3. The molecule has 8 heteroatoms. The molecule has 0 fully saturated rings. The fraction of sp³-hybridized carbons (Fsp3) is 0.160. The summed E-state index contributed by atoms with van der Waals surface area (Å²) in [6.45, 7) is 0. The van der Waals surface area contributed by atoms with Crippen LogP contribution < -0.4 is 10.8 Å². The van der Waals surface area contributed by atoms with Crippen LogP contribution in [0.5, 0.6) is 0 Å². The fourth-order valence-electron chi connectivity index (χ4n) is 3.73. The lowest BCUT2D eigenvalue weighted by atomic mass is 10.1. The van der Waals surface area contributed by atoms with E-state index in [1.54, 1.807) is 42.5 Å². The van der Waals surface area contributed by atoms with Crippen LogP contribution in [0.4, 0.5) is 10.1 Å². The average Bonchev–Trinajstić information content (AvgIpc) is 3.18. The van der Waals surface area contributed by atoms with E-state index in [-0.39, 0.29) is 17.8 Å². The van der Waals surface area contributed by atoms with Crippen molar-refractivity contribution in [1.82, 2.24) is 5.48 Å². The Bertz CT molecular complexity index is 1210. The highest BCUT2D eigenvalue weighted by molar-refractivity contribution is 5.95. The van der Waals surface area contributed by atoms with Gasteiger partial charge in [0.25, 0.3) is 0 Å². The summed E-state index contributed by atoms with van der Waals surface area (Å²) >= 11 is 0. The molecule has 0 saturated carbocycles. The number of hydroxylamine groups is 1. The molecule has 1 atom stereocenters. The zero-order valence-electron chi connectivity index (χ0n) is 17.8. The number of ether oxygens (including phenoxy) is 1. The van der Waals surface area contributed by atoms with Crippen LogP contribution in [-0.2, 0) is 25.6 Å². The van der Waals surface area contributed by atoms with E-state index in [9.17, 15) is 18.8 Å². The molecule has 0 radical (unpaired) electrons. The van der Waals surface area contributed by atoms with Gasteiger partial charge in [-0.25, -0.2) is 9.18 Å². The third-order valence-corrected chi connectivity index (χ3v) is 5.31. The van der Waals surface area contributed by atoms with Gasteiger partial charge in [0.1, 0.15) is 11.9 Å². The molecule has 0 aromatic heterocycles. The van der Waals surface area contributed by atoms with Crippen molar-refractivity contribution >= 4 is 23.5 Å². The topological polar surface area (TPSA) is 93.7 Å². The van der Waals surface area contributed by atoms with E-state index in [4.69, 9.17) is 9.57 Å². The molecule has 0 unspecified atom stereocenters. The summed E-state index contributed by atoms with van der Waals surface area (Å²) in [6, 6.07) is 17.1. The van der Waals surface area contributed by atoms with Crippen LogP contribution in [0.1, 0.15) is 27.9 Å². The largest absolute Gasteiger partial charge is 0.468 e. The van der Waals surface area contributed by atoms with Gasteiger partial charge in [-0.1, -0.05) is 30.3 Å². The van der Waals surface area contributed by atoms with Crippen LogP contribution in [0.2, 0.25) is 0 Å². The minimum atomic E-state index is -1.19. The predicted molar refractivity (Wildman–Crippen MR) is 119 cm³/mol. The third-order valence-electron chi connectivity index (χ3n) is 5.31. The summed E-state index contributed by atoms with van der Waals surface area (Å²) in [5.41, 5.74) is 6.97. The van der Waals surface area contributed by atoms with E-state index in [0.29, 0.717) is 12.1 Å². The first kappa shape index (κ1) is 22.2. The lowest BCUT2D eigenvalue weighted by Crippen LogP contribution is -2.41. The highest BCUT2D eigenvalue weighted by atomic mass is 19.1. The van der Waals surface area contributed by atoms with Crippen molar-refractivity contribution < 1.29 is 28.3 Å². The Morgan fingerprint density at radius 1 is 0.970 bits per heavy atom. The third kappa shape index (κ3) is 5.07. The second-order valence-electron chi connectivity index (χ2n) is 7.55. The number of nitrogens with one attached hydrogen (secondary N) is 2. The number of anilines is 1. The van der Waals surface area contributed by atoms with Gasteiger partial charge in [0.2, 0.25) is 5.91 Å². The lowest BCUT2D eigenvalue weighted by Gasteiger charge is -2.16. The van der Waals surface area contributed by atoms with Gasteiger partial charge < -0.3 is 14.9 Å². The number of halogens is 1. The van der Waals surface area contributed by atoms with Crippen LogP contribution in [0.15, 0.2) is 66.7 Å². The zero-order chi connectivity index (χ0) is 23.4. The van der Waals surface area contributed by atoms with Crippen LogP contribution >= 0.6 is 0 Å². The molecule has 0 bridgehead atoms. The minimum Gasteiger partial charge on any atom is -0.468 e. The fourth-order valence-corrected chi connectivity index (χ4v) is 3.73. The first-order chi connectivity index (χ1) is 15.9. The number of amides is 1. The summed E-state index contributed by atoms with van der Waals surface area (Å²) < 4.78 is 18.2. The van der Waals surface area contributed by atoms with Crippen LogP contribution in [0.3, 0.4) is 0 Å². The monoisotopic (exact) mass is 448 g/mol. The summed E-state index contributed by atoms with van der Waals surface area (Å²) in [7, 11) is 1.18. The Morgan fingerprint density at radius 3 is 2.39 bits per heavy atom. The van der Waals surface area contributed by atoms with E-state index in [1.807, 2.05) is 12.1 Å². The first-order valence-electron chi connectivity index (χ1n) is 10.3. The Hall–Kier alpha value is -4.04. The number of carbonyl (C=O) groups excluding carboxylic acids is 3. The van der Waals surface area contributed by atoms with Crippen molar-refractivity contribution in [3.63, 3.8) is 0 Å². The zero-order valence-corrected chi connectivity index (χ0v) is 17.8. The van der Waals surface area contributed by atoms with E-state index in [0.717, 1.165) is 22.3 Å². The SMILES string of the molecule is COC(=O)[C@H](CC(=O)Nc1ccc2c(c1)Cc1cc(F)ccc1-2)NOC(=O)c1ccccc1. The van der Waals surface area contributed by atoms with Gasteiger partial charge in [-0.2, -0.15) is 0 Å². The molecule has 4 rings (SSSR count). The summed E-state index contributed by atoms with van der Waals surface area (Å²) in [4.78, 5) is 41.7. The van der Waals surface area contributed by atoms with Gasteiger partial charge in [0.15, 0.2) is 0 Å². The molecule has 0 spiro atoms. The van der Waals surface area contributed by atoms with E-state index in [2.05, 4.69) is 10.8 Å². The van der Waals surface area contributed by atoms with Crippen molar-refractivity contribution in [3.05, 3.63) is 89.2 Å². The quantitative estimate of drug-likeness (QED) is 0.331. The average molecular weight is 448 g/mol.